The van der Waals surface area contributed by atoms with E-state index in [0.29, 0.717) is 0 Å². The van der Waals surface area contributed by atoms with Gasteiger partial charge in [-0.2, -0.15) is 0 Å². The molecule has 0 spiro atoms. The molecule has 140 valence electrons. The molecule has 2 nitrogen and oxygen atoms in total. The molecule has 1 N–H and O–H groups in total. The summed E-state index contributed by atoms with van der Waals surface area (Å²) in [6.45, 7) is 9.69. The number of unbranched alkanes of at least 4 members (excludes halogenated alkanes) is 10. The van der Waals surface area contributed by atoms with Crippen molar-refractivity contribution in [2.45, 2.75) is 97.3 Å². The van der Waals surface area contributed by atoms with Gasteiger partial charge < -0.3 is 9.80 Å². The normalized spacial score (nSPS) is 12.0. The molecule has 0 bridgehead atoms. The number of nitrogens with zero attached hydrogens (tertiary/aromatic N) is 1. The quantitative estimate of drug-likeness (QED) is 0.249. The van der Waals surface area contributed by atoms with Crippen molar-refractivity contribution in [1.82, 2.24) is 5.32 Å². The van der Waals surface area contributed by atoms with E-state index in [4.69, 9.17) is 0 Å². The molecule has 0 aliphatic carbocycles. The molecule has 0 amide bonds. The summed E-state index contributed by atoms with van der Waals surface area (Å²) in [7, 11) is 4.83. The van der Waals surface area contributed by atoms with E-state index in [1.54, 1.807) is 0 Å². The molecule has 0 unspecified atom stereocenters. The Bertz CT molecular complexity index is 204. The van der Waals surface area contributed by atoms with E-state index in [1.165, 1.54) is 114 Å². The van der Waals surface area contributed by atoms with Crippen molar-refractivity contribution in [3.05, 3.63) is 0 Å². The Hall–Kier alpha value is -0.0800. The molecule has 0 atom stereocenters. The molecule has 0 heterocycles. The topological polar surface area (TPSA) is 12.0 Å². The highest BCUT2D eigenvalue weighted by molar-refractivity contribution is 4.50. The highest BCUT2D eigenvalue weighted by Crippen LogP contribution is 2.10. The van der Waals surface area contributed by atoms with Crippen molar-refractivity contribution in [3.8, 4) is 0 Å². The third kappa shape index (κ3) is 18.1. The van der Waals surface area contributed by atoms with E-state index in [-0.39, 0.29) is 0 Å². The average molecular weight is 328 g/mol. The maximum Gasteiger partial charge on any atom is 0.0782 e. The van der Waals surface area contributed by atoms with Crippen LogP contribution in [0.1, 0.15) is 97.3 Å². The van der Waals surface area contributed by atoms with Crippen LogP contribution >= 0.6 is 0 Å². The van der Waals surface area contributed by atoms with E-state index in [0.717, 1.165) is 0 Å². The summed E-state index contributed by atoms with van der Waals surface area (Å²) in [5, 5.41) is 3.58. The monoisotopic (exact) mass is 327 g/mol. The number of quaternary nitrogens is 1. The van der Waals surface area contributed by atoms with Crippen molar-refractivity contribution in [2.24, 2.45) is 0 Å². The van der Waals surface area contributed by atoms with Crippen LogP contribution in [0, 0.1) is 0 Å². The van der Waals surface area contributed by atoms with E-state index in [1.807, 2.05) is 0 Å². The molecule has 0 aromatic heterocycles. The summed E-state index contributed by atoms with van der Waals surface area (Å²) in [6, 6.07) is 0. The van der Waals surface area contributed by atoms with Crippen LogP contribution in [0.4, 0.5) is 0 Å². The van der Waals surface area contributed by atoms with Crippen LogP contribution in [0.2, 0.25) is 0 Å². The molecule has 0 radical (unpaired) electrons. The molecule has 0 saturated heterocycles. The zero-order valence-electron chi connectivity index (χ0n) is 17.0. The first-order valence-electron chi connectivity index (χ1n) is 10.6. The van der Waals surface area contributed by atoms with Crippen LogP contribution in [0.5, 0.6) is 0 Å². The lowest BCUT2D eigenvalue weighted by atomic mass is 10.1. The standard InChI is InChI=1S/C21H47N2/c1-5-7-9-10-11-12-13-16-20-23(3,4)21-17-15-19-22-18-14-8-6-2/h22H,5-21H2,1-4H3/q+1. The SMILES string of the molecule is CCCCCCCCCC[N+](C)(C)CCCCNCCCCC. The first-order chi connectivity index (χ1) is 11.1. The Labute approximate surface area is 148 Å². The highest BCUT2D eigenvalue weighted by atomic mass is 15.3. The van der Waals surface area contributed by atoms with Gasteiger partial charge in [-0.1, -0.05) is 65.2 Å². The van der Waals surface area contributed by atoms with Crippen LogP contribution in [-0.4, -0.2) is 44.8 Å². The molecule has 0 aliphatic rings. The molecule has 0 saturated carbocycles. The summed E-state index contributed by atoms with van der Waals surface area (Å²) in [6.07, 6.45) is 18.2. The Morgan fingerprint density at radius 3 is 1.48 bits per heavy atom. The van der Waals surface area contributed by atoms with Crippen LogP contribution in [0.15, 0.2) is 0 Å². The second kappa shape index (κ2) is 16.8. The molecule has 0 rings (SSSR count). The average Bonchev–Trinajstić information content (AvgIpc) is 2.52. The maximum absolute atomic E-state index is 3.58. The second-order valence-corrected chi connectivity index (χ2v) is 8.02. The molecule has 23 heavy (non-hydrogen) atoms. The summed E-state index contributed by atoms with van der Waals surface area (Å²) in [5.41, 5.74) is 0. The lowest BCUT2D eigenvalue weighted by Crippen LogP contribution is -2.41. The zero-order valence-corrected chi connectivity index (χ0v) is 17.0. The molecular formula is C21H47N2+. The van der Waals surface area contributed by atoms with Gasteiger partial charge in [-0.05, 0) is 45.2 Å². The minimum atomic E-state index is 1.21. The van der Waals surface area contributed by atoms with Crippen molar-refractivity contribution in [3.63, 3.8) is 0 Å². The Morgan fingerprint density at radius 2 is 0.913 bits per heavy atom. The van der Waals surface area contributed by atoms with Gasteiger partial charge in [0.1, 0.15) is 0 Å². The van der Waals surface area contributed by atoms with E-state index < -0.39 is 0 Å². The van der Waals surface area contributed by atoms with E-state index >= 15 is 0 Å². The molecule has 2 heteroatoms. The van der Waals surface area contributed by atoms with Gasteiger partial charge in [0.25, 0.3) is 0 Å². The second-order valence-electron chi connectivity index (χ2n) is 8.02. The Kier molecular flexibility index (Phi) is 16.7. The molecule has 0 aliphatic heterocycles. The van der Waals surface area contributed by atoms with Gasteiger partial charge in [0.15, 0.2) is 0 Å². The van der Waals surface area contributed by atoms with Crippen molar-refractivity contribution >= 4 is 0 Å². The predicted molar refractivity (Wildman–Crippen MR) is 106 cm³/mol. The summed E-state index contributed by atoms with van der Waals surface area (Å²) in [4.78, 5) is 0. The maximum atomic E-state index is 3.58. The molecular weight excluding hydrogens is 280 g/mol. The number of rotatable bonds is 18. The van der Waals surface area contributed by atoms with Crippen molar-refractivity contribution in [2.75, 3.05) is 40.3 Å². The van der Waals surface area contributed by atoms with Gasteiger partial charge in [0, 0.05) is 0 Å². The predicted octanol–water partition coefficient (Wildman–Crippen LogP) is 5.76. The van der Waals surface area contributed by atoms with Crippen molar-refractivity contribution < 1.29 is 4.48 Å². The fraction of sp³-hybridized carbons (Fsp3) is 1.00. The van der Waals surface area contributed by atoms with Gasteiger partial charge in [-0.25, -0.2) is 0 Å². The smallest absolute Gasteiger partial charge is 0.0782 e. The third-order valence-corrected chi connectivity index (χ3v) is 4.94. The van der Waals surface area contributed by atoms with Gasteiger partial charge in [0.2, 0.25) is 0 Å². The summed E-state index contributed by atoms with van der Waals surface area (Å²) in [5.74, 6) is 0. The zero-order chi connectivity index (χ0) is 17.2. The van der Waals surface area contributed by atoms with E-state index in [9.17, 15) is 0 Å². The third-order valence-electron chi connectivity index (χ3n) is 4.94. The minimum absolute atomic E-state index is 1.21. The van der Waals surface area contributed by atoms with Crippen LogP contribution in [-0.2, 0) is 0 Å². The van der Waals surface area contributed by atoms with Gasteiger partial charge in [-0.15, -0.1) is 0 Å². The molecule has 0 fully saturated rings. The fourth-order valence-electron chi connectivity index (χ4n) is 3.20. The van der Waals surface area contributed by atoms with Crippen LogP contribution in [0.25, 0.3) is 0 Å². The summed E-state index contributed by atoms with van der Waals surface area (Å²) >= 11 is 0. The largest absolute Gasteiger partial charge is 0.328 e. The first kappa shape index (κ1) is 22.9. The lowest BCUT2D eigenvalue weighted by molar-refractivity contribution is -0.890. The number of hydrogen-bond acceptors (Lipinski definition) is 1. The Morgan fingerprint density at radius 1 is 0.522 bits per heavy atom. The minimum Gasteiger partial charge on any atom is -0.328 e. The number of hydrogen-bond donors (Lipinski definition) is 1. The summed E-state index contributed by atoms with van der Waals surface area (Å²) < 4.78 is 1.21. The van der Waals surface area contributed by atoms with Crippen molar-refractivity contribution in [1.29, 1.82) is 0 Å². The first-order valence-corrected chi connectivity index (χ1v) is 10.6. The molecule has 0 aromatic rings. The van der Waals surface area contributed by atoms with Crippen LogP contribution in [0.3, 0.4) is 0 Å². The fourth-order valence-corrected chi connectivity index (χ4v) is 3.20. The highest BCUT2D eigenvalue weighted by Gasteiger charge is 2.13. The van der Waals surface area contributed by atoms with Gasteiger partial charge in [-0.3, -0.25) is 0 Å². The number of nitrogens with one attached hydrogen (secondary N) is 1. The van der Waals surface area contributed by atoms with Gasteiger partial charge >= 0.3 is 0 Å². The Balaban J connectivity index is 3.33. The lowest BCUT2D eigenvalue weighted by Gasteiger charge is -2.30. The molecule has 0 aromatic carbocycles. The van der Waals surface area contributed by atoms with E-state index in [2.05, 4.69) is 33.3 Å². The van der Waals surface area contributed by atoms with Crippen LogP contribution < -0.4 is 5.32 Å². The van der Waals surface area contributed by atoms with Gasteiger partial charge in [0.05, 0.1) is 27.2 Å².